The molecule has 1 saturated heterocycles. The number of hydrogen-bond donors (Lipinski definition) is 1. The molecule has 0 spiro atoms. The fourth-order valence-electron chi connectivity index (χ4n) is 2.17. The molecular weight excluding hydrogens is 329 g/mol. The standard InChI is InChI=1S/C13H17BrFN3O2/c1-2-20-13(19)18-5-3-17(4-6-18)12-8-10(15)9(14)7-11(12)16/h7-8H,2-6,16H2,1H3. The van der Waals surface area contributed by atoms with Crippen LogP contribution in [0.5, 0.6) is 0 Å². The molecule has 0 aromatic heterocycles. The molecule has 1 aromatic carbocycles. The molecule has 2 rings (SSSR count). The third-order valence-electron chi connectivity index (χ3n) is 3.22. The van der Waals surface area contributed by atoms with Crippen LogP contribution in [0.25, 0.3) is 0 Å². The number of hydrogen-bond acceptors (Lipinski definition) is 4. The average molecular weight is 346 g/mol. The molecule has 2 N–H and O–H groups in total. The Morgan fingerprint density at radius 3 is 2.65 bits per heavy atom. The van der Waals surface area contributed by atoms with E-state index in [1.807, 2.05) is 4.90 Å². The van der Waals surface area contributed by atoms with Gasteiger partial charge in [-0.15, -0.1) is 0 Å². The summed E-state index contributed by atoms with van der Waals surface area (Å²) in [7, 11) is 0. The number of amides is 1. The molecule has 1 aliphatic rings. The first-order valence-electron chi connectivity index (χ1n) is 6.44. The van der Waals surface area contributed by atoms with Crippen LogP contribution in [0.3, 0.4) is 0 Å². The summed E-state index contributed by atoms with van der Waals surface area (Å²) < 4.78 is 18.9. The molecule has 1 aliphatic heterocycles. The van der Waals surface area contributed by atoms with E-state index >= 15 is 0 Å². The van der Waals surface area contributed by atoms with Gasteiger partial charge >= 0.3 is 6.09 Å². The molecule has 1 amide bonds. The summed E-state index contributed by atoms with van der Waals surface area (Å²) in [6.07, 6.45) is -0.304. The Morgan fingerprint density at radius 2 is 2.05 bits per heavy atom. The summed E-state index contributed by atoms with van der Waals surface area (Å²) in [6, 6.07) is 2.97. The molecule has 0 saturated carbocycles. The first-order chi connectivity index (χ1) is 9.52. The molecule has 0 atom stereocenters. The maximum Gasteiger partial charge on any atom is 0.409 e. The van der Waals surface area contributed by atoms with Crippen molar-refractivity contribution < 1.29 is 13.9 Å². The Balaban J connectivity index is 2.04. The lowest BCUT2D eigenvalue weighted by atomic mass is 10.2. The Labute approximate surface area is 125 Å². The summed E-state index contributed by atoms with van der Waals surface area (Å²) in [5.74, 6) is -0.345. The smallest absolute Gasteiger partial charge is 0.409 e. The number of carbonyl (C=O) groups excluding carboxylic acids is 1. The highest BCUT2D eigenvalue weighted by molar-refractivity contribution is 9.10. The van der Waals surface area contributed by atoms with Crippen molar-refractivity contribution in [3.05, 3.63) is 22.4 Å². The zero-order valence-electron chi connectivity index (χ0n) is 11.2. The topological polar surface area (TPSA) is 58.8 Å². The van der Waals surface area contributed by atoms with Crippen molar-refractivity contribution in [2.24, 2.45) is 0 Å². The summed E-state index contributed by atoms with van der Waals surface area (Å²) in [5, 5.41) is 0. The van der Waals surface area contributed by atoms with Crippen molar-refractivity contribution in [3.8, 4) is 0 Å². The number of halogens is 2. The number of benzene rings is 1. The van der Waals surface area contributed by atoms with Gasteiger partial charge < -0.3 is 20.3 Å². The summed E-state index contributed by atoms with van der Waals surface area (Å²) in [6.45, 7) is 4.42. The highest BCUT2D eigenvalue weighted by atomic mass is 79.9. The maximum absolute atomic E-state index is 13.6. The van der Waals surface area contributed by atoms with E-state index in [9.17, 15) is 9.18 Å². The number of carbonyl (C=O) groups is 1. The Bertz CT molecular complexity index is 505. The monoisotopic (exact) mass is 345 g/mol. The summed E-state index contributed by atoms with van der Waals surface area (Å²) in [5.41, 5.74) is 7.10. The van der Waals surface area contributed by atoms with Gasteiger partial charge in [0.1, 0.15) is 5.82 Å². The van der Waals surface area contributed by atoms with Crippen LogP contribution in [0.2, 0.25) is 0 Å². The normalized spacial score (nSPS) is 15.3. The number of nitrogens with two attached hydrogens (primary N) is 1. The van der Waals surface area contributed by atoms with Crippen molar-refractivity contribution in [1.29, 1.82) is 0 Å². The fraction of sp³-hybridized carbons (Fsp3) is 0.462. The van der Waals surface area contributed by atoms with Crippen LogP contribution in [-0.4, -0.2) is 43.8 Å². The molecule has 0 aliphatic carbocycles. The predicted octanol–water partition coefficient (Wildman–Crippen LogP) is 2.45. The number of nitrogen functional groups attached to an aromatic ring is 1. The summed E-state index contributed by atoms with van der Waals surface area (Å²) >= 11 is 3.11. The lowest BCUT2D eigenvalue weighted by Crippen LogP contribution is -2.49. The minimum Gasteiger partial charge on any atom is -0.450 e. The summed E-state index contributed by atoms with van der Waals surface area (Å²) in [4.78, 5) is 15.2. The molecular formula is C13H17BrFN3O2. The van der Waals surface area contributed by atoms with Gasteiger partial charge in [0.05, 0.1) is 22.5 Å². The molecule has 0 bridgehead atoms. The number of anilines is 2. The van der Waals surface area contributed by atoms with Gasteiger partial charge in [0.2, 0.25) is 0 Å². The minimum atomic E-state index is -0.345. The van der Waals surface area contributed by atoms with E-state index in [0.717, 1.165) is 0 Å². The quantitative estimate of drug-likeness (QED) is 0.836. The molecule has 1 heterocycles. The van der Waals surface area contributed by atoms with E-state index in [2.05, 4.69) is 15.9 Å². The second-order valence-electron chi connectivity index (χ2n) is 4.50. The molecule has 0 unspecified atom stereocenters. The van der Waals surface area contributed by atoms with Crippen molar-refractivity contribution >= 4 is 33.4 Å². The average Bonchev–Trinajstić information content (AvgIpc) is 2.43. The van der Waals surface area contributed by atoms with Gasteiger partial charge in [-0.1, -0.05) is 0 Å². The van der Waals surface area contributed by atoms with Crippen LogP contribution in [0.15, 0.2) is 16.6 Å². The van der Waals surface area contributed by atoms with E-state index < -0.39 is 0 Å². The zero-order chi connectivity index (χ0) is 14.7. The highest BCUT2D eigenvalue weighted by Gasteiger charge is 2.23. The predicted molar refractivity (Wildman–Crippen MR) is 79.3 cm³/mol. The third kappa shape index (κ3) is 3.15. The van der Waals surface area contributed by atoms with Crippen LogP contribution in [0, 0.1) is 5.82 Å². The number of ether oxygens (including phenoxy) is 1. The maximum atomic E-state index is 13.6. The first-order valence-corrected chi connectivity index (χ1v) is 7.23. The lowest BCUT2D eigenvalue weighted by Gasteiger charge is -2.36. The van der Waals surface area contributed by atoms with E-state index in [-0.39, 0.29) is 11.9 Å². The van der Waals surface area contributed by atoms with Crippen molar-refractivity contribution in [2.45, 2.75) is 6.92 Å². The largest absolute Gasteiger partial charge is 0.450 e. The Kier molecular flexibility index (Phi) is 4.69. The number of nitrogens with zero attached hydrogens (tertiary/aromatic N) is 2. The van der Waals surface area contributed by atoms with Crippen LogP contribution >= 0.6 is 15.9 Å². The van der Waals surface area contributed by atoms with E-state index in [4.69, 9.17) is 10.5 Å². The lowest BCUT2D eigenvalue weighted by molar-refractivity contribution is 0.105. The second-order valence-corrected chi connectivity index (χ2v) is 5.35. The number of rotatable bonds is 2. The van der Waals surface area contributed by atoms with Gasteiger partial charge in [0.25, 0.3) is 0 Å². The molecule has 7 heteroatoms. The molecule has 110 valence electrons. The van der Waals surface area contributed by atoms with Crippen molar-refractivity contribution in [1.82, 2.24) is 4.90 Å². The molecule has 5 nitrogen and oxygen atoms in total. The molecule has 1 aromatic rings. The van der Waals surface area contributed by atoms with Crippen molar-refractivity contribution in [3.63, 3.8) is 0 Å². The molecule has 1 fully saturated rings. The fourth-order valence-corrected chi connectivity index (χ4v) is 2.53. The molecule has 20 heavy (non-hydrogen) atoms. The van der Waals surface area contributed by atoms with E-state index in [1.54, 1.807) is 17.9 Å². The number of piperazine rings is 1. The van der Waals surface area contributed by atoms with Gasteiger partial charge in [-0.25, -0.2) is 9.18 Å². The minimum absolute atomic E-state index is 0.304. The third-order valence-corrected chi connectivity index (χ3v) is 3.82. The van der Waals surface area contributed by atoms with Crippen LogP contribution in [0.1, 0.15) is 6.92 Å². The zero-order valence-corrected chi connectivity index (χ0v) is 12.8. The van der Waals surface area contributed by atoms with Crippen LogP contribution in [0.4, 0.5) is 20.6 Å². The van der Waals surface area contributed by atoms with Gasteiger partial charge in [-0.3, -0.25) is 0 Å². The second kappa shape index (κ2) is 6.30. The SMILES string of the molecule is CCOC(=O)N1CCN(c2cc(F)c(Br)cc2N)CC1. The van der Waals surface area contributed by atoms with Crippen LogP contribution in [-0.2, 0) is 4.74 Å². The first kappa shape index (κ1) is 14.9. The van der Waals surface area contributed by atoms with Crippen LogP contribution < -0.4 is 10.6 Å². The van der Waals surface area contributed by atoms with E-state index in [0.29, 0.717) is 48.6 Å². The Hall–Kier alpha value is -1.50. The van der Waals surface area contributed by atoms with Gasteiger partial charge in [-0.2, -0.15) is 0 Å². The molecule has 0 radical (unpaired) electrons. The van der Waals surface area contributed by atoms with Crippen molar-refractivity contribution in [2.75, 3.05) is 43.4 Å². The van der Waals surface area contributed by atoms with Gasteiger partial charge in [-0.05, 0) is 28.9 Å². The Morgan fingerprint density at radius 1 is 1.40 bits per heavy atom. The van der Waals surface area contributed by atoms with Gasteiger partial charge in [0, 0.05) is 32.2 Å². The van der Waals surface area contributed by atoms with E-state index in [1.165, 1.54) is 6.07 Å². The van der Waals surface area contributed by atoms with Gasteiger partial charge in [0.15, 0.2) is 0 Å². The highest BCUT2D eigenvalue weighted by Crippen LogP contribution is 2.30.